The van der Waals surface area contributed by atoms with Gasteiger partial charge in [0, 0.05) is 24.8 Å². The Balaban J connectivity index is 2.08. The van der Waals surface area contributed by atoms with Gasteiger partial charge in [-0.3, -0.25) is 0 Å². The molecule has 1 aliphatic carbocycles. The van der Waals surface area contributed by atoms with Gasteiger partial charge < -0.3 is 19.9 Å². The molecule has 0 bridgehead atoms. The predicted octanol–water partition coefficient (Wildman–Crippen LogP) is 2.62. The van der Waals surface area contributed by atoms with Crippen molar-refractivity contribution in [2.45, 2.75) is 44.4 Å². The third-order valence-corrected chi connectivity index (χ3v) is 3.92. The summed E-state index contributed by atoms with van der Waals surface area (Å²) in [5.74, 6) is 1.06. The quantitative estimate of drug-likeness (QED) is 0.859. The molecular weight excluding hydrogens is 242 g/mol. The van der Waals surface area contributed by atoms with E-state index in [-0.39, 0.29) is 12.1 Å². The standard InChI is InChI=1S/C15H23NO3/c1-10(16-13-5-4-6-15(13)19-3)12-9-11(18-2)7-8-14(12)17/h7-10,13,15-17H,4-6H2,1-3H3. The highest BCUT2D eigenvalue weighted by molar-refractivity contribution is 5.41. The molecule has 0 radical (unpaired) electrons. The maximum atomic E-state index is 9.97. The molecule has 0 saturated heterocycles. The summed E-state index contributed by atoms with van der Waals surface area (Å²) in [5, 5.41) is 13.5. The summed E-state index contributed by atoms with van der Waals surface area (Å²) in [6.45, 7) is 2.06. The molecule has 0 aliphatic heterocycles. The van der Waals surface area contributed by atoms with Crippen LogP contribution in [0.4, 0.5) is 0 Å². The third kappa shape index (κ3) is 3.19. The highest BCUT2D eigenvalue weighted by Gasteiger charge is 2.28. The van der Waals surface area contributed by atoms with E-state index in [2.05, 4.69) is 12.2 Å². The van der Waals surface area contributed by atoms with Crippen LogP contribution in [0.5, 0.6) is 11.5 Å². The van der Waals surface area contributed by atoms with Crippen LogP contribution in [-0.4, -0.2) is 31.5 Å². The lowest BCUT2D eigenvalue weighted by molar-refractivity contribution is 0.0818. The van der Waals surface area contributed by atoms with Crippen molar-refractivity contribution < 1.29 is 14.6 Å². The molecule has 2 N–H and O–H groups in total. The Morgan fingerprint density at radius 2 is 2.11 bits per heavy atom. The summed E-state index contributed by atoms with van der Waals surface area (Å²) >= 11 is 0. The number of rotatable bonds is 5. The van der Waals surface area contributed by atoms with Crippen LogP contribution in [0.2, 0.25) is 0 Å². The summed E-state index contributed by atoms with van der Waals surface area (Å²) < 4.78 is 10.7. The lowest BCUT2D eigenvalue weighted by atomic mass is 10.0. The minimum Gasteiger partial charge on any atom is -0.508 e. The number of benzene rings is 1. The Labute approximate surface area is 114 Å². The molecule has 1 saturated carbocycles. The van der Waals surface area contributed by atoms with E-state index >= 15 is 0 Å². The van der Waals surface area contributed by atoms with Crippen LogP contribution in [-0.2, 0) is 4.74 Å². The number of ether oxygens (including phenoxy) is 2. The zero-order valence-corrected chi connectivity index (χ0v) is 11.8. The van der Waals surface area contributed by atoms with Gasteiger partial charge in [0.1, 0.15) is 11.5 Å². The molecule has 1 aromatic rings. The molecule has 1 aromatic carbocycles. The molecule has 2 rings (SSSR count). The van der Waals surface area contributed by atoms with Crippen molar-refractivity contribution in [1.82, 2.24) is 5.32 Å². The zero-order valence-electron chi connectivity index (χ0n) is 11.8. The van der Waals surface area contributed by atoms with Crippen LogP contribution < -0.4 is 10.1 Å². The minimum atomic E-state index is 0.0656. The first-order valence-electron chi connectivity index (χ1n) is 6.81. The molecule has 0 spiro atoms. The first-order chi connectivity index (χ1) is 9.15. The topological polar surface area (TPSA) is 50.7 Å². The first kappa shape index (κ1) is 14.2. The Hall–Kier alpha value is -1.26. The molecule has 0 aromatic heterocycles. The van der Waals surface area contributed by atoms with Gasteiger partial charge in [0.15, 0.2) is 0 Å². The molecule has 1 fully saturated rings. The van der Waals surface area contributed by atoms with Gasteiger partial charge in [0.2, 0.25) is 0 Å². The van der Waals surface area contributed by atoms with E-state index in [1.807, 2.05) is 6.07 Å². The van der Waals surface area contributed by atoms with Gasteiger partial charge in [-0.2, -0.15) is 0 Å². The average Bonchev–Trinajstić information content (AvgIpc) is 2.86. The SMILES string of the molecule is COc1ccc(O)c(C(C)NC2CCCC2OC)c1. The van der Waals surface area contributed by atoms with Gasteiger partial charge in [-0.05, 0) is 44.4 Å². The molecule has 3 unspecified atom stereocenters. The van der Waals surface area contributed by atoms with Crippen LogP contribution in [0.15, 0.2) is 18.2 Å². The molecule has 19 heavy (non-hydrogen) atoms. The highest BCUT2D eigenvalue weighted by Crippen LogP contribution is 2.30. The summed E-state index contributed by atoms with van der Waals surface area (Å²) in [6.07, 6.45) is 3.68. The lowest BCUT2D eigenvalue weighted by Crippen LogP contribution is -2.38. The van der Waals surface area contributed by atoms with Gasteiger partial charge in [-0.25, -0.2) is 0 Å². The van der Waals surface area contributed by atoms with Gasteiger partial charge in [0.05, 0.1) is 13.2 Å². The van der Waals surface area contributed by atoms with Crippen molar-refractivity contribution in [3.8, 4) is 11.5 Å². The maximum absolute atomic E-state index is 9.97. The Kier molecular flexibility index (Phi) is 4.66. The largest absolute Gasteiger partial charge is 0.508 e. The Bertz CT molecular complexity index is 422. The van der Waals surface area contributed by atoms with E-state index in [9.17, 15) is 5.11 Å². The number of hydrogen-bond acceptors (Lipinski definition) is 4. The number of methoxy groups -OCH3 is 2. The molecular formula is C15H23NO3. The summed E-state index contributed by atoms with van der Waals surface area (Å²) in [7, 11) is 3.39. The fourth-order valence-electron chi connectivity index (χ4n) is 2.82. The Morgan fingerprint density at radius 1 is 1.32 bits per heavy atom. The zero-order chi connectivity index (χ0) is 13.8. The van der Waals surface area contributed by atoms with E-state index in [4.69, 9.17) is 9.47 Å². The highest BCUT2D eigenvalue weighted by atomic mass is 16.5. The average molecular weight is 265 g/mol. The van der Waals surface area contributed by atoms with Gasteiger partial charge >= 0.3 is 0 Å². The predicted molar refractivity (Wildman–Crippen MR) is 74.6 cm³/mol. The van der Waals surface area contributed by atoms with E-state index in [1.165, 1.54) is 6.42 Å². The normalized spacial score (nSPS) is 24.4. The second-order valence-corrected chi connectivity index (χ2v) is 5.12. The van der Waals surface area contributed by atoms with Crippen LogP contribution in [0.3, 0.4) is 0 Å². The van der Waals surface area contributed by atoms with Crippen molar-refractivity contribution in [2.24, 2.45) is 0 Å². The fraction of sp³-hybridized carbons (Fsp3) is 0.600. The fourth-order valence-corrected chi connectivity index (χ4v) is 2.82. The number of aromatic hydroxyl groups is 1. The summed E-state index contributed by atoms with van der Waals surface area (Å²) in [4.78, 5) is 0. The molecule has 0 amide bonds. The second kappa shape index (κ2) is 6.26. The first-order valence-corrected chi connectivity index (χ1v) is 6.81. The lowest BCUT2D eigenvalue weighted by Gasteiger charge is -2.25. The third-order valence-electron chi connectivity index (χ3n) is 3.92. The minimum absolute atomic E-state index is 0.0656. The van der Waals surface area contributed by atoms with E-state index in [1.54, 1.807) is 26.4 Å². The summed E-state index contributed by atoms with van der Waals surface area (Å²) in [6, 6.07) is 5.74. The maximum Gasteiger partial charge on any atom is 0.120 e. The van der Waals surface area contributed by atoms with E-state index < -0.39 is 0 Å². The van der Waals surface area contributed by atoms with Gasteiger partial charge in [-0.15, -0.1) is 0 Å². The van der Waals surface area contributed by atoms with Gasteiger partial charge in [0.25, 0.3) is 0 Å². The molecule has 4 nitrogen and oxygen atoms in total. The molecule has 106 valence electrons. The van der Waals surface area contributed by atoms with Crippen molar-refractivity contribution in [1.29, 1.82) is 0 Å². The van der Waals surface area contributed by atoms with Crippen molar-refractivity contribution in [3.05, 3.63) is 23.8 Å². The van der Waals surface area contributed by atoms with Crippen molar-refractivity contribution in [3.63, 3.8) is 0 Å². The number of hydrogen-bond donors (Lipinski definition) is 2. The van der Waals surface area contributed by atoms with Crippen molar-refractivity contribution in [2.75, 3.05) is 14.2 Å². The second-order valence-electron chi connectivity index (χ2n) is 5.12. The van der Waals surface area contributed by atoms with Crippen LogP contribution in [0.1, 0.15) is 37.8 Å². The van der Waals surface area contributed by atoms with E-state index in [0.717, 1.165) is 24.2 Å². The van der Waals surface area contributed by atoms with Crippen LogP contribution >= 0.6 is 0 Å². The number of phenolic OH excluding ortho intramolecular Hbond substituents is 1. The number of phenols is 1. The van der Waals surface area contributed by atoms with Gasteiger partial charge in [-0.1, -0.05) is 0 Å². The molecule has 3 atom stereocenters. The Morgan fingerprint density at radius 3 is 2.79 bits per heavy atom. The summed E-state index contributed by atoms with van der Waals surface area (Å²) in [5.41, 5.74) is 0.862. The smallest absolute Gasteiger partial charge is 0.120 e. The molecule has 0 heterocycles. The number of nitrogens with one attached hydrogen (secondary N) is 1. The van der Waals surface area contributed by atoms with Crippen LogP contribution in [0.25, 0.3) is 0 Å². The van der Waals surface area contributed by atoms with E-state index in [0.29, 0.717) is 11.8 Å². The molecule has 4 heteroatoms. The monoisotopic (exact) mass is 265 g/mol. The molecule has 1 aliphatic rings. The van der Waals surface area contributed by atoms with Crippen LogP contribution in [0, 0.1) is 0 Å². The van der Waals surface area contributed by atoms with Crippen molar-refractivity contribution >= 4 is 0 Å².